The van der Waals surface area contributed by atoms with Gasteiger partial charge in [0.1, 0.15) is 0 Å². The summed E-state index contributed by atoms with van der Waals surface area (Å²) in [5.41, 5.74) is 2.52. The maximum atomic E-state index is 14.6. The van der Waals surface area contributed by atoms with Crippen LogP contribution < -0.4 is 4.74 Å². The summed E-state index contributed by atoms with van der Waals surface area (Å²) >= 11 is 0. The lowest BCUT2D eigenvalue weighted by Gasteiger charge is -2.33. The van der Waals surface area contributed by atoms with E-state index in [9.17, 15) is 9.50 Å². The van der Waals surface area contributed by atoms with Crippen molar-refractivity contribution in [2.24, 2.45) is 0 Å². The second-order valence-corrected chi connectivity index (χ2v) is 9.40. The van der Waals surface area contributed by atoms with Crippen LogP contribution in [0.2, 0.25) is 0 Å². The van der Waals surface area contributed by atoms with Gasteiger partial charge in [0.15, 0.2) is 11.6 Å². The second kappa shape index (κ2) is 12.5. The Kier molecular flexibility index (Phi) is 9.09. The van der Waals surface area contributed by atoms with E-state index in [0.717, 1.165) is 36.5 Å². The van der Waals surface area contributed by atoms with Gasteiger partial charge in [-0.25, -0.2) is 9.07 Å². The number of aliphatic hydroxyl groups excluding tert-OH is 1. The van der Waals surface area contributed by atoms with Crippen molar-refractivity contribution in [3.63, 3.8) is 0 Å². The summed E-state index contributed by atoms with van der Waals surface area (Å²) in [4.78, 5) is 4.51. The van der Waals surface area contributed by atoms with Crippen LogP contribution in [0.1, 0.15) is 31.5 Å². The molecule has 0 saturated carbocycles. The minimum absolute atomic E-state index is 0.151. The predicted octanol–water partition coefficient (Wildman–Crippen LogP) is 4.41. The average molecular weight is 497 g/mol. The first-order valence-corrected chi connectivity index (χ1v) is 12.7. The zero-order chi connectivity index (χ0) is 25.5. The predicted molar refractivity (Wildman–Crippen MR) is 138 cm³/mol. The van der Waals surface area contributed by atoms with E-state index < -0.39 is 11.9 Å². The number of rotatable bonds is 11. The van der Waals surface area contributed by atoms with Gasteiger partial charge in [-0.1, -0.05) is 37.3 Å². The Morgan fingerprint density at radius 2 is 1.81 bits per heavy atom. The molecule has 4 rings (SSSR count). The number of benzene rings is 2. The number of β-amino-alcohol motifs (C(OH)–C–C–N with tert-alkyl or cyclic N) is 1. The van der Waals surface area contributed by atoms with Crippen LogP contribution in [-0.2, 0) is 11.3 Å². The summed E-state index contributed by atoms with van der Waals surface area (Å²) in [5.74, 6) is 0.208. The van der Waals surface area contributed by atoms with Gasteiger partial charge >= 0.3 is 0 Å². The third-order valence-corrected chi connectivity index (χ3v) is 6.77. The molecule has 0 amide bonds. The molecule has 8 heteroatoms. The minimum Gasteiger partial charge on any atom is -0.435 e. The lowest BCUT2D eigenvalue weighted by atomic mass is 10.1. The molecule has 36 heavy (non-hydrogen) atoms. The van der Waals surface area contributed by atoms with Gasteiger partial charge in [0.05, 0.1) is 36.3 Å². The van der Waals surface area contributed by atoms with Gasteiger partial charge < -0.3 is 14.6 Å². The number of hydrogen-bond acceptors (Lipinski definition) is 6. The third-order valence-electron chi connectivity index (χ3n) is 6.77. The second-order valence-electron chi connectivity index (χ2n) is 9.40. The SMILES string of the molecule is CC[C@H](C)N(Cc1c(C)nn(-c2ccccc2)c1Oc1ccccc1F)C[C@@H](O)CN1CCOCC1. The Bertz CT molecular complexity index is 1100. The number of aliphatic hydroxyl groups is 1. The molecule has 0 bridgehead atoms. The molecule has 3 aromatic rings. The number of nitrogens with zero attached hydrogens (tertiary/aromatic N) is 4. The molecule has 1 saturated heterocycles. The van der Waals surface area contributed by atoms with E-state index >= 15 is 0 Å². The van der Waals surface area contributed by atoms with E-state index in [0.29, 0.717) is 38.7 Å². The first-order chi connectivity index (χ1) is 17.5. The first-order valence-electron chi connectivity index (χ1n) is 12.7. The molecule has 2 atom stereocenters. The first kappa shape index (κ1) is 26.3. The van der Waals surface area contributed by atoms with E-state index in [4.69, 9.17) is 14.6 Å². The zero-order valence-corrected chi connectivity index (χ0v) is 21.4. The number of halogens is 1. The fourth-order valence-electron chi connectivity index (χ4n) is 4.47. The maximum absolute atomic E-state index is 14.6. The van der Waals surface area contributed by atoms with Crippen LogP contribution in [0.15, 0.2) is 54.6 Å². The van der Waals surface area contributed by atoms with Crippen LogP contribution >= 0.6 is 0 Å². The van der Waals surface area contributed by atoms with Crippen LogP contribution in [-0.4, -0.2) is 76.2 Å². The topological polar surface area (TPSA) is 63.0 Å². The fraction of sp³-hybridized carbons (Fsp3) is 0.464. The van der Waals surface area contributed by atoms with E-state index in [2.05, 4.69) is 23.6 Å². The molecule has 1 aromatic heterocycles. The summed E-state index contributed by atoms with van der Waals surface area (Å²) in [6.07, 6.45) is 0.428. The average Bonchev–Trinajstić information content (AvgIpc) is 3.20. The molecule has 0 spiro atoms. The zero-order valence-electron chi connectivity index (χ0n) is 21.4. The highest BCUT2D eigenvalue weighted by molar-refractivity contribution is 5.43. The van der Waals surface area contributed by atoms with Crippen molar-refractivity contribution in [2.75, 3.05) is 39.4 Å². The number of ether oxygens (including phenoxy) is 2. The van der Waals surface area contributed by atoms with Crippen LogP contribution in [0.5, 0.6) is 11.6 Å². The molecule has 1 fully saturated rings. The molecular formula is C28H37FN4O3. The van der Waals surface area contributed by atoms with Crippen molar-refractivity contribution in [2.45, 2.75) is 45.9 Å². The summed E-state index contributed by atoms with van der Waals surface area (Å²) in [7, 11) is 0. The van der Waals surface area contributed by atoms with Gasteiger partial charge in [-0.15, -0.1) is 0 Å². The minimum atomic E-state index is -0.502. The van der Waals surface area contributed by atoms with Crippen molar-refractivity contribution in [3.05, 3.63) is 71.7 Å². The molecule has 7 nitrogen and oxygen atoms in total. The molecule has 1 N–H and O–H groups in total. The third kappa shape index (κ3) is 6.50. The molecule has 0 unspecified atom stereocenters. The molecule has 2 aromatic carbocycles. The highest BCUT2D eigenvalue weighted by atomic mass is 19.1. The highest BCUT2D eigenvalue weighted by Gasteiger charge is 2.26. The van der Waals surface area contributed by atoms with Crippen LogP contribution in [0.3, 0.4) is 0 Å². The van der Waals surface area contributed by atoms with Gasteiger partial charge in [-0.05, 0) is 44.5 Å². The fourth-order valence-corrected chi connectivity index (χ4v) is 4.47. The summed E-state index contributed by atoms with van der Waals surface area (Å²) < 4.78 is 27.9. The molecule has 0 aliphatic carbocycles. The Hall–Kier alpha value is -2.78. The number of aryl methyl sites for hydroxylation is 1. The lowest BCUT2D eigenvalue weighted by Crippen LogP contribution is -2.46. The van der Waals surface area contributed by atoms with Crippen LogP contribution in [0, 0.1) is 12.7 Å². The van der Waals surface area contributed by atoms with Gasteiger partial charge in [0.2, 0.25) is 5.88 Å². The highest BCUT2D eigenvalue weighted by Crippen LogP contribution is 2.33. The molecule has 1 aliphatic heterocycles. The largest absolute Gasteiger partial charge is 0.435 e. The van der Waals surface area contributed by atoms with Crippen molar-refractivity contribution >= 4 is 0 Å². The van der Waals surface area contributed by atoms with Crippen LogP contribution in [0.25, 0.3) is 5.69 Å². The summed E-state index contributed by atoms with van der Waals surface area (Å²) in [6.45, 7) is 11.0. The number of para-hydroxylation sites is 2. The quantitative estimate of drug-likeness (QED) is 0.425. The van der Waals surface area contributed by atoms with E-state index in [1.807, 2.05) is 37.3 Å². The summed E-state index contributed by atoms with van der Waals surface area (Å²) in [6, 6.07) is 16.3. The van der Waals surface area contributed by atoms with Crippen molar-refractivity contribution < 1.29 is 19.0 Å². The number of hydrogen-bond donors (Lipinski definition) is 1. The lowest BCUT2D eigenvalue weighted by molar-refractivity contribution is 0.00243. The Labute approximate surface area is 213 Å². The van der Waals surface area contributed by atoms with Crippen molar-refractivity contribution in [1.82, 2.24) is 19.6 Å². The van der Waals surface area contributed by atoms with Crippen molar-refractivity contribution in [1.29, 1.82) is 0 Å². The smallest absolute Gasteiger partial charge is 0.227 e. The molecule has 0 radical (unpaired) electrons. The molecule has 2 heterocycles. The number of aromatic nitrogens is 2. The monoisotopic (exact) mass is 496 g/mol. The van der Waals surface area contributed by atoms with Gasteiger partial charge in [0.25, 0.3) is 0 Å². The van der Waals surface area contributed by atoms with E-state index in [1.54, 1.807) is 22.9 Å². The van der Waals surface area contributed by atoms with Gasteiger partial charge in [-0.2, -0.15) is 5.10 Å². The maximum Gasteiger partial charge on any atom is 0.227 e. The Morgan fingerprint density at radius 3 is 2.50 bits per heavy atom. The van der Waals surface area contributed by atoms with Crippen molar-refractivity contribution in [3.8, 4) is 17.3 Å². The van der Waals surface area contributed by atoms with Crippen LogP contribution in [0.4, 0.5) is 4.39 Å². The standard InChI is InChI=1S/C28H37FN4O3/c1-4-21(2)32(19-24(34)18-31-14-16-35-17-15-31)20-25-22(3)30-33(23-10-6-5-7-11-23)28(25)36-27-13-9-8-12-26(27)29/h5-13,21,24,34H,4,14-20H2,1-3H3/t21-,24-/m0/s1. The van der Waals surface area contributed by atoms with Gasteiger partial charge in [-0.3, -0.25) is 9.80 Å². The van der Waals surface area contributed by atoms with Gasteiger partial charge in [0, 0.05) is 38.8 Å². The molecule has 1 aliphatic rings. The normalized spacial score (nSPS) is 16.3. The Balaban J connectivity index is 1.63. The Morgan fingerprint density at radius 1 is 1.11 bits per heavy atom. The molecular weight excluding hydrogens is 459 g/mol. The van der Waals surface area contributed by atoms with E-state index in [1.165, 1.54) is 6.07 Å². The summed E-state index contributed by atoms with van der Waals surface area (Å²) in [5, 5.41) is 15.7. The number of morpholine rings is 1. The molecule has 194 valence electrons. The van der Waals surface area contributed by atoms with E-state index in [-0.39, 0.29) is 11.8 Å².